The summed E-state index contributed by atoms with van der Waals surface area (Å²) in [5.41, 5.74) is 3.75. The van der Waals surface area contributed by atoms with Gasteiger partial charge in [0, 0.05) is 11.8 Å². The zero-order valence-electron chi connectivity index (χ0n) is 9.90. The number of benzene rings is 1. The zero-order valence-corrected chi connectivity index (χ0v) is 11.5. The molecule has 2 nitrogen and oxygen atoms in total. The van der Waals surface area contributed by atoms with Crippen LogP contribution in [0.25, 0.3) is 11.0 Å². The number of aryl methyl sites for hydroxylation is 1. The number of aromatic amines is 1. The molecule has 0 radical (unpaired) electrons. The summed E-state index contributed by atoms with van der Waals surface area (Å²) in [5.74, 6) is 1.30. The van der Waals surface area contributed by atoms with Crippen molar-refractivity contribution in [1.82, 2.24) is 9.55 Å². The normalized spacial score (nSPS) is 20.2. The average molecular weight is 264 g/mol. The molecule has 0 bridgehead atoms. The minimum Gasteiger partial charge on any atom is -0.331 e. The van der Waals surface area contributed by atoms with Crippen LogP contribution in [0.5, 0.6) is 0 Å². The first-order chi connectivity index (χ1) is 8.25. The van der Waals surface area contributed by atoms with Gasteiger partial charge in [0.15, 0.2) is 4.77 Å². The van der Waals surface area contributed by atoms with Gasteiger partial charge < -0.3 is 9.55 Å². The van der Waals surface area contributed by atoms with Gasteiger partial charge in [-0.05, 0) is 49.4 Å². The highest BCUT2D eigenvalue weighted by molar-refractivity contribution is 8.00. The molecular weight excluding hydrogens is 248 g/mol. The van der Waals surface area contributed by atoms with Gasteiger partial charge in [-0.1, -0.05) is 12.1 Å². The molecule has 0 saturated carbocycles. The number of thioether (sulfide) groups is 1. The van der Waals surface area contributed by atoms with Crippen molar-refractivity contribution in [1.29, 1.82) is 0 Å². The second-order valence-electron chi connectivity index (χ2n) is 4.65. The van der Waals surface area contributed by atoms with Crippen LogP contribution in [0.4, 0.5) is 0 Å². The fourth-order valence-electron chi connectivity index (χ4n) is 2.57. The van der Waals surface area contributed by atoms with E-state index in [9.17, 15) is 0 Å². The molecule has 1 aliphatic rings. The van der Waals surface area contributed by atoms with Crippen molar-refractivity contribution < 1.29 is 0 Å². The third-order valence-corrected chi connectivity index (χ3v) is 5.11. The van der Waals surface area contributed by atoms with Gasteiger partial charge in [-0.3, -0.25) is 0 Å². The molecule has 90 valence electrons. The Morgan fingerprint density at radius 1 is 1.53 bits per heavy atom. The van der Waals surface area contributed by atoms with E-state index < -0.39 is 0 Å². The Morgan fingerprint density at radius 3 is 3.18 bits per heavy atom. The number of imidazole rings is 1. The van der Waals surface area contributed by atoms with Gasteiger partial charge in [-0.2, -0.15) is 11.8 Å². The standard InChI is InChI=1S/C13H16N2S2/c1-9-4-2-6-11-12(9)15(13(16)14-11)8-10-5-3-7-17-10/h2,4,6,10H,3,5,7-8H2,1H3,(H,14,16). The second kappa shape index (κ2) is 4.50. The molecule has 0 aliphatic carbocycles. The monoisotopic (exact) mass is 264 g/mol. The van der Waals surface area contributed by atoms with Crippen molar-refractivity contribution in [3.63, 3.8) is 0 Å². The number of fused-ring (bicyclic) bond motifs is 1. The molecule has 2 heterocycles. The van der Waals surface area contributed by atoms with Gasteiger partial charge >= 0.3 is 0 Å². The molecule has 1 aliphatic heterocycles. The summed E-state index contributed by atoms with van der Waals surface area (Å²) in [4.78, 5) is 3.31. The molecule has 0 spiro atoms. The third kappa shape index (κ3) is 2.04. The fraction of sp³-hybridized carbons (Fsp3) is 0.462. The SMILES string of the molecule is Cc1cccc2[nH]c(=S)n(CC3CCCS3)c12. The van der Waals surface area contributed by atoms with Crippen LogP contribution in [0.15, 0.2) is 18.2 Å². The maximum absolute atomic E-state index is 5.45. The maximum atomic E-state index is 5.45. The third-order valence-electron chi connectivity index (χ3n) is 3.40. The predicted octanol–water partition coefficient (Wildman–Crippen LogP) is 3.90. The average Bonchev–Trinajstić information content (AvgIpc) is 2.89. The number of para-hydroxylation sites is 1. The van der Waals surface area contributed by atoms with Crippen LogP contribution < -0.4 is 0 Å². The van der Waals surface area contributed by atoms with E-state index in [0.717, 1.165) is 22.1 Å². The topological polar surface area (TPSA) is 20.7 Å². The Kier molecular flexibility index (Phi) is 3.01. The van der Waals surface area contributed by atoms with Crippen LogP contribution >= 0.6 is 24.0 Å². The molecule has 1 aromatic carbocycles. The van der Waals surface area contributed by atoms with Gasteiger partial charge in [-0.15, -0.1) is 0 Å². The van der Waals surface area contributed by atoms with E-state index in [-0.39, 0.29) is 0 Å². The van der Waals surface area contributed by atoms with Crippen molar-refractivity contribution in [2.24, 2.45) is 0 Å². The van der Waals surface area contributed by atoms with E-state index in [4.69, 9.17) is 12.2 Å². The molecule has 1 fully saturated rings. The lowest BCUT2D eigenvalue weighted by molar-refractivity contribution is 0.645. The zero-order chi connectivity index (χ0) is 11.8. The molecule has 2 aromatic rings. The number of aromatic nitrogens is 2. The summed E-state index contributed by atoms with van der Waals surface area (Å²) in [6.07, 6.45) is 2.68. The lowest BCUT2D eigenvalue weighted by atomic mass is 10.2. The molecule has 1 saturated heterocycles. The first-order valence-corrected chi connectivity index (χ1v) is 7.51. The first kappa shape index (κ1) is 11.4. The molecule has 3 rings (SSSR count). The largest absolute Gasteiger partial charge is 0.331 e. The first-order valence-electron chi connectivity index (χ1n) is 6.05. The van der Waals surface area contributed by atoms with E-state index in [1.807, 2.05) is 0 Å². The number of hydrogen-bond donors (Lipinski definition) is 1. The summed E-state index contributed by atoms with van der Waals surface area (Å²) in [5, 5.41) is 0.736. The van der Waals surface area contributed by atoms with Crippen LogP contribution in [0.1, 0.15) is 18.4 Å². The quantitative estimate of drug-likeness (QED) is 0.830. The van der Waals surface area contributed by atoms with Gasteiger partial charge in [0.1, 0.15) is 0 Å². The molecule has 0 amide bonds. The molecule has 1 aromatic heterocycles. The lowest BCUT2D eigenvalue weighted by Gasteiger charge is -2.11. The van der Waals surface area contributed by atoms with E-state index >= 15 is 0 Å². The molecule has 1 unspecified atom stereocenters. The number of H-pyrrole nitrogens is 1. The summed E-state index contributed by atoms with van der Waals surface area (Å²) >= 11 is 7.53. The maximum Gasteiger partial charge on any atom is 0.178 e. The minimum absolute atomic E-state index is 0.736. The molecule has 1 atom stereocenters. The molecule has 17 heavy (non-hydrogen) atoms. The highest BCUT2D eigenvalue weighted by Crippen LogP contribution is 2.29. The van der Waals surface area contributed by atoms with E-state index in [2.05, 4.69) is 46.4 Å². The number of nitrogens with one attached hydrogen (secondary N) is 1. The molecule has 4 heteroatoms. The van der Waals surface area contributed by atoms with E-state index in [1.54, 1.807) is 0 Å². The van der Waals surface area contributed by atoms with Crippen LogP contribution in [0.2, 0.25) is 0 Å². The Hall–Kier alpha value is -0.740. The summed E-state index contributed by atoms with van der Waals surface area (Å²) < 4.78 is 3.14. The summed E-state index contributed by atoms with van der Waals surface area (Å²) in [7, 11) is 0. The van der Waals surface area contributed by atoms with Crippen LogP contribution in [-0.4, -0.2) is 20.6 Å². The van der Waals surface area contributed by atoms with E-state index in [1.165, 1.54) is 29.7 Å². The highest BCUT2D eigenvalue weighted by atomic mass is 32.2. The van der Waals surface area contributed by atoms with Gasteiger partial charge in [0.2, 0.25) is 0 Å². The highest BCUT2D eigenvalue weighted by Gasteiger charge is 2.18. The fourth-order valence-corrected chi connectivity index (χ4v) is 4.10. The van der Waals surface area contributed by atoms with Crippen LogP contribution in [0.3, 0.4) is 0 Å². The minimum atomic E-state index is 0.736. The Morgan fingerprint density at radius 2 is 2.41 bits per heavy atom. The van der Waals surface area contributed by atoms with Crippen LogP contribution in [-0.2, 0) is 6.54 Å². The smallest absolute Gasteiger partial charge is 0.178 e. The Bertz CT molecular complexity index is 591. The number of hydrogen-bond acceptors (Lipinski definition) is 2. The van der Waals surface area contributed by atoms with Gasteiger partial charge in [0.25, 0.3) is 0 Å². The lowest BCUT2D eigenvalue weighted by Crippen LogP contribution is -2.10. The van der Waals surface area contributed by atoms with Gasteiger partial charge in [0.05, 0.1) is 11.0 Å². The Labute approximate surface area is 110 Å². The van der Waals surface area contributed by atoms with Crippen molar-refractivity contribution in [3.8, 4) is 0 Å². The van der Waals surface area contributed by atoms with Crippen molar-refractivity contribution in [2.45, 2.75) is 31.6 Å². The predicted molar refractivity (Wildman–Crippen MR) is 77.3 cm³/mol. The molecular formula is C13H16N2S2. The molecule has 1 N–H and O–H groups in total. The van der Waals surface area contributed by atoms with Crippen LogP contribution in [0, 0.1) is 11.7 Å². The van der Waals surface area contributed by atoms with E-state index in [0.29, 0.717) is 0 Å². The van der Waals surface area contributed by atoms with Gasteiger partial charge in [-0.25, -0.2) is 0 Å². The Balaban J connectivity index is 2.08. The number of nitrogens with zero attached hydrogens (tertiary/aromatic N) is 1. The van der Waals surface area contributed by atoms with Crippen molar-refractivity contribution in [3.05, 3.63) is 28.5 Å². The second-order valence-corrected chi connectivity index (χ2v) is 6.44. The summed E-state index contributed by atoms with van der Waals surface area (Å²) in [6, 6.07) is 6.34. The summed E-state index contributed by atoms with van der Waals surface area (Å²) in [6.45, 7) is 3.21. The van der Waals surface area contributed by atoms with Crippen molar-refractivity contribution in [2.75, 3.05) is 5.75 Å². The number of rotatable bonds is 2. The van der Waals surface area contributed by atoms with Crippen molar-refractivity contribution >= 4 is 35.0 Å².